The van der Waals surface area contributed by atoms with Crippen LogP contribution in [0.5, 0.6) is 0 Å². The predicted octanol–water partition coefficient (Wildman–Crippen LogP) is 0.414. The molecule has 0 aromatic carbocycles. The highest BCUT2D eigenvalue weighted by Gasteiger charge is 2.01. The number of hydrogen-bond acceptors (Lipinski definition) is 4. The van der Waals surface area contributed by atoms with Gasteiger partial charge in [0.15, 0.2) is 5.82 Å². The van der Waals surface area contributed by atoms with Crippen molar-refractivity contribution in [2.24, 2.45) is 0 Å². The number of pyridine rings is 1. The van der Waals surface area contributed by atoms with Gasteiger partial charge in [0, 0.05) is 12.3 Å². The Labute approximate surface area is 79.6 Å². The third-order valence-corrected chi connectivity index (χ3v) is 1.67. The minimum atomic E-state index is -0.279. The smallest absolute Gasteiger partial charge is 0.253 e. The summed E-state index contributed by atoms with van der Waals surface area (Å²) in [5.74, 6) is 0.574. The van der Waals surface area contributed by atoms with Crippen LogP contribution in [0.1, 0.15) is 0 Å². The molecule has 0 atom stereocenters. The minimum absolute atomic E-state index is 0.189. The highest BCUT2D eigenvalue weighted by atomic mass is 16.1. The van der Waals surface area contributed by atoms with Crippen molar-refractivity contribution in [3.63, 3.8) is 0 Å². The average molecular weight is 188 g/mol. The fourth-order valence-corrected chi connectivity index (χ4v) is 1.10. The van der Waals surface area contributed by atoms with Crippen molar-refractivity contribution in [3.05, 3.63) is 40.8 Å². The Kier molecular flexibility index (Phi) is 1.98. The second-order valence-electron chi connectivity index (χ2n) is 2.73. The molecule has 5 nitrogen and oxygen atoms in total. The van der Waals surface area contributed by atoms with Crippen molar-refractivity contribution in [2.75, 3.05) is 5.73 Å². The van der Waals surface area contributed by atoms with Crippen LogP contribution < -0.4 is 11.3 Å². The summed E-state index contributed by atoms with van der Waals surface area (Å²) in [4.78, 5) is 21.6. The van der Waals surface area contributed by atoms with Crippen LogP contribution in [0.3, 0.4) is 0 Å². The summed E-state index contributed by atoms with van der Waals surface area (Å²) in [7, 11) is 0. The molecule has 0 aliphatic rings. The number of hydrogen-bond donors (Lipinski definition) is 2. The highest BCUT2D eigenvalue weighted by Crippen LogP contribution is 2.08. The lowest BCUT2D eigenvalue weighted by Gasteiger charge is -1.99. The van der Waals surface area contributed by atoms with Crippen molar-refractivity contribution in [1.82, 2.24) is 15.0 Å². The van der Waals surface area contributed by atoms with E-state index in [0.717, 1.165) is 0 Å². The van der Waals surface area contributed by atoms with Gasteiger partial charge in [-0.2, -0.15) is 0 Å². The highest BCUT2D eigenvalue weighted by molar-refractivity contribution is 5.50. The molecule has 0 spiro atoms. The molecule has 0 radical (unpaired) electrons. The first-order chi connectivity index (χ1) is 6.75. The number of nitrogens with two attached hydrogens (primary N) is 1. The topological polar surface area (TPSA) is 84.7 Å². The first-order valence-electron chi connectivity index (χ1n) is 4.04. The van der Waals surface area contributed by atoms with Gasteiger partial charge in [-0.3, -0.25) is 9.78 Å². The van der Waals surface area contributed by atoms with Crippen molar-refractivity contribution in [1.29, 1.82) is 0 Å². The Hall–Kier alpha value is -2.17. The van der Waals surface area contributed by atoms with Crippen LogP contribution in [-0.2, 0) is 0 Å². The largest absolute Gasteiger partial charge is 0.383 e. The molecule has 14 heavy (non-hydrogen) atoms. The van der Waals surface area contributed by atoms with Crippen LogP contribution >= 0.6 is 0 Å². The quantitative estimate of drug-likeness (QED) is 0.679. The molecule has 0 bridgehead atoms. The van der Waals surface area contributed by atoms with Gasteiger partial charge in [0.1, 0.15) is 11.5 Å². The molecule has 5 heteroatoms. The number of aromatic amines is 1. The maximum absolute atomic E-state index is 11.1. The molecule has 0 aliphatic carbocycles. The summed E-state index contributed by atoms with van der Waals surface area (Å²) < 4.78 is 0. The Morgan fingerprint density at radius 2 is 2.21 bits per heavy atom. The first kappa shape index (κ1) is 8.43. The number of H-pyrrole nitrogens is 1. The van der Waals surface area contributed by atoms with Gasteiger partial charge in [-0.1, -0.05) is 6.07 Å². The Bertz CT molecular complexity index is 492. The normalized spacial score (nSPS) is 10.0. The second-order valence-corrected chi connectivity index (χ2v) is 2.73. The lowest BCUT2D eigenvalue weighted by molar-refractivity contribution is 1.11. The lowest BCUT2D eigenvalue weighted by Crippen LogP contribution is -2.10. The second kappa shape index (κ2) is 3.29. The monoisotopic (exact) mass is 188 g/mol. The number of aromatic nitrogens is 3. The summed E-state index contributed by atoms with van der Waals surface area (Å²) in [5, 5.41) is 0. The average Bonchev–Trinajstić information content (AvgIpc) is 2.18. The van der Waals surface area contributed by atoms with Gasteiger partial charge < -0.3 is 10.7 Å². The van der Waals surface area contributed by atoms with E-state index in [1.807, 2.05) is 6.07 Å². The van der Waals surface area contributed by atoms with E-state index in [1.54, 1.807) is 18.3 Å². The van der Waals surface area contributed by atoms with Crippen LogP contribution in [0.2, 0.25) is 0 Å². The minimum Gasteiger partial charge on any atom is -0.383 e. The van der Waals surface area contributed by atoms with E-state index in [9.17, 15) is 4.79 Å². The first-order valence-corrected chi connectivity index (χ1v) is 4.04. The van der Waals surface area contributed by atoms with Gasteiger partial charge in [0.05, 0.1) is 0 Å². The third kappa shape index (κ3) is 1.61. The Morgan fingerprint density at radius 3 is 2.86 bits per heavy atom. The van der Waals surface area contributed by atoms with Gasteiger partial charge >= 0.3 is 0 Å². The zero-order valence-electron chi connectivity index (χ0n) is 7.27. The van der Waals surface area contributed by atoms with Crippen molar-refractivity contribution >= 4 is 5.82 Å². The molecule has 2 rings (SSSR count). The number of nitrogens with zero attached hydrogens (tertiary/aromatic N) is 2. The predicted molar refractivity (Wildman–Crippen MR) is 52.5 cm³/mol. The molecular weight excluding hydrogens is 180 g/mol. The molecule has 70 valence electrons. The van der Waals surface area contributed by atoms with E-state index in [-0.39, 0.29) is 11.4 Å². The van der Waals surface area contributed by atoms with Crippen molar-refractivity contribution in [2.45, 2.75) is 0 Å². The molecule has 0 saturated heterocycles. The number of nitrogens with one attached hydrogen (secondary N) is 1. The molecule has 2 aromatic heterocycles. The molecular formula is C9H8N4O. The number of rotatable bonds is 1. The van der Waals surface area contributed by atoms with Gasteiger partial charge in [-0.25, -0.2) is 4.98 Å². The fraction of sp³-hybridized carbons (Fsp3) is 0. The number of anilines is 1. The molecule has 0 fully saturated rings. The maximum atomic E-state index is 11.1. The summed E-state index contributed by atoms with van der Waals surface area (Å²) in [6.07, 6.45) is 1.62. The van der Waals surface area contributed by atoms with Crippen LogP contribution in [0.25, 0.3) is 11.5 Å². The van der Waals surface area contributed by atoms with Crippen molar-refractivity contribution < 1.29 is 0 Å². The Morgan fingerprint density at radius 1 is 1.36 bits per heavy atom. The molecule has 2 heterocycles. The molecule has 0 unspecified atom stereocenters. The van der Waals surface area contributed by atoms with Gasteiger partial charge in [-0.15, -0.1) is 0 Å². The van der Waals surface area contributed by atoms with Crippen LogP contribution in [0.15, 0.2) is 35.3 Å². The van der Waals surface area contributed by atoms with Gasteiger partial charge in [0.25, 0.3) is 5.56 Å². The summed E-state index contributed by atoms with van der Waals surface area (Å²) >= 11 is 0. The number of nitrogen functional groups attached to an aromatic ring is 1. The molecule has 3 N–H and O–H groups in total. The molecule has 0 amide bonds. The lowest BCUT2D eigenvalue weighted by atomic mass is 10.3. The van der Waals surface area contributed by atoms with E-state index < -0.39 is 0 Å². The summed E-state index contributed by atoms with van der Waals surface area (Å²) in [6.45, 7) is 0. The van der Waals surface area contributed by atoms with E-state index in [2.05, 4.69) is 15.0 Å². The third-order valence-electron chi connectivity index (χ3n) is 1.67. The van der Waals surface area contributed by atoms with Gasteiger partial charge in [-0.05, 0) is 12.1 Å². The zero-order valence-corrected chi connectivity index (χ0v) is 7.27. The standard InChI is InChI=1S/C9H8N4O/c10-7-5-8(14)13-9(12-7)6-3-1-2-4-11-6/h1-5H,(H3,10,12,13,14). The van der Waals surface area contributed by atoms with Gasteiger partial charge in [0.2, 0.25) is 0 Å². The Balaban J connectivity index is 2.58. The zero-order chi connectivity index (χ0) is 9.97. The molecule has 0 saturated carbocycles. The molecule has 0 aliphatic heterocycles. The van der Waals surface area contributed by atoms with E-state index in [0.29, 0.717) is 11.5 Å². The van der Waals surface area contributed by atoms with E-state index in [1.165, 1.54) is 6.07 Å². The van der Waals surface area contributed by atoms with E-state index >= 15 is 0 Å². The summed E-state index contributed by atoms with van der Waals surface area (Å²) in [6, 6.07) is 6.57. The molecule has 2 aromatic rings. The van der Waals surface area contributed by atoms with Crippen molar-refractivity contribution in [3.8, 4) is 11.5 Å². The van der Waals surface area contributed by atoms with Crippen LogP contribution in [-0.4, -0.2) is 15.0 Å². The van der Waals surface area contributed by atoms with E-state index in [4.69, 9.17) is 5.73 Å². The summed E-state index contributed by atoms with van der Waals surface area (Å²) in [5.41, 5.74) is 5.75. The maximum Gasteiger partial charge on any atom is 0.253 e. The van der Waals surface area contributed by atoms with Crippen LogP contribution in [0, 0.1) is 0 Å². The van der Waals surface area contributed by atoms with Crippen LogP contribution in [0.4, 0.5) is 5.82 Å². The fourth-order valence-electron chi connectivity index (χ4n) is 1.10. The SMILES string of the molecule is Nc1cc(=O)[nH]c(-c2ccccn2)n1.